The third-order valence-electron chi connectivity index (χ3n) is 5.75. The van der Waals surface area contributed by atoms with E-state index < -0.39 is 0 Å². The first-order valence-corrected chi connectivity index (χ1v) is 9.17. The summed E-state index contributed by atoms with van der Waals surface area (Å²) in [4.78, 5) is 2.45. The first-order chi connectivity index (χ1) is 10.5. The zero-order valence-electron chi connectivity index (χ0n) is 13.2. The molecule has 0 aliphatic heterocycles. The lowest BCUT2D eigenvalue weighted by Crippen LogP contribution is -2.52. The Labute approximate surface area is 143 Å². The zero-order chi connectivity index (χ0) is 15.7. The lowest BCUT2D eigenvalue weighted by atomic mass is 9.74. The molecule has 1 N–H and O–H groups in total. The monoisotopic (exact) mass is 341 g/mol. The van der Waals surface area contributed by atoms with Crippen LogP contribution in [0, 0.1) is 0 Å². The molecule has 2 aliphatic carbocycles. The molecule has 0 bridgehead atoms. The minimum absolute atomic E-state index is 0.0114. The standard InChI is InChI=1S/C18H25Cl2NO/c1-21(16-6-5-7-17(16)22)18(10-3-2-4-11-18)13-8-9-14(19)15(20)12-13/h8-9,12,16-17,22H,2-7,10-11H2,1H3. The lowest BCUT2D eigenvalue weighted by molar-refractivity contribution is -0.0113. The highest BCUT2D eigenvalue weighted by Gasteiger charge is 2.43. The number of likely N-dealkylation sites (N-methyl/N-ethyl adjacent to an activating group) is 1. The largest absolute Gasteiger partial charge is 0.391 e. The van der Waals surface area contributed by atoms with Crippen molar-refractivity contribution in [1.29, 1.82) is 0 Å². The van der Waals surface area contributed by atoms with Crippen LogP contribution in [-0.4, -0.2) is 29.2 Å². The second kappa shape index (κ2) is 6.68. The Hall–Kier alpha value is -0.280. The van der Waals surface area contributed by atoms with Gasteiger partial charge in [-0.2, -0.15) is 0 Å². The van der Waals surface area contributed by atoms with Gasteiger partial charge in [0, 0.05) is 11.6 Å². The quantitative estimate of drug-likeness (QED) is 0.836. The molecule has 2 unspecified atom stereocenters. The second-order valence-electron chi connectivity index (χ2n) is 6.90. The van der Waals surface area contributed by atoms with Gasteiger partial charge in [0.1, 0.15) is 0 Å². The van der Waals surface area contributed by atoms with Crippen molar-refractivity contribution in [3.8, 4) is 0 Å². The smallest absolute Gasteiger partial charge is 0.0695 e. The fourth-order valence-corrected chi connectivity index (χ4v) is 4.76. The molecule has 22 heavy (non-hydrogen) atoms. The van der Waals surface area contributed by atoms with Gasteiger partial charge in [0.05, 0.1) is 16.1 Å². The molecule has 122 valence electrons. The van der Waals surface area contributed by atoms with Crippen molar-refractivity contribution >= 4 is 23.2 Å². The van der Waals surface area contributed by atoms with Crippen molar-refractivity contribution < 1.29 is 5.11 Å². The zero-order valence-corrected chi connectivity index (χ0v) is 14.7. The Morgan fingerprint density at radius 3 is 2.36 bits per heavy atom. The molecule has 1 aromatic carbocycles. The maximum atomic E-state index is 10.4. The molecular weight excluding hydrogens is 317 g/mol. The summed E-state index contributed by atoms with van der Waals surface area (Å²) in [6.45, 7) is 0. The summed E-state index contributed by atoms with van der Waals surface area (Å²) in [5, 5.41) is 11.6. The average molecular weight is 342 g/mol. The Bertz CT molecular complexity index is 528. The molecule has 2 fully saturated rings. The number of nitrogens with zero attached hydrogens (tertiary/aromatic N) is 1. The summed E-state index contributed by atoms with van der Waals surface area (Å²) in [5.41, 5.74) is 1.24. The van der Waals surface area contributed by atoms with Crippen molar-refractivity contribution in [3.05, 3.63) is 33.8 Å². The van der Waals surface area contributed by atoms with Gasteiger partial charge in [0.25, 0.3) is 0 Å². The SMILES string of the molecule is CN(C1CCCC1O)C1(c2ccc(Cl)c(Cl)c2)CCCCC1. The number of hydrogen-bond acceptors (Lipinski definition) is 2. The molecule has 0 spiro atoms. The molecular formula is C18H25Cl2NO. The highest BCUT2D eigenvalue weighted by atomic mass is 35.5. The van der Waals surface area contributed by atoms with E-state index in [1.807, 2.05) is 12.1 Å². The maximum Gasteiger partial charge on any atom is 0.0695 e. The van der Waals surface area contributed by atoms with E-state index in [1.54, 1.807) is 0 Å². The number of aliphatic hydroxyl groups is 1. The Balaban J connectivity index is 1.98. The van der Waals surface area contributed by atoms with E-state index in [-0.39, 0.29) is 17.7 Å². The summed E-state index contributed by atoms with van der Waals surface area (Å²) >= 11 is 12.4. The maximum absolute atomic E-state index is 10.4. The lowest BCUT2D eigenvalue weighted by Gasteiger charge is -2.49. The van der Waals surface area contributed by atoms with Gasteiger partial charge in [0.15, 0.2) is 0 Å². The molecule has 1 aromatic rings. The fourth-order valence-electron chi connectivity index (χ4n) is 4.46. The third-order valence-corrected chi connectivity index (χ3v) is 6.49. The molecule has 0 saturated heterocycles. The van der Waals surface area contributed by atoms with Crippen LogP contribution < -0.4 is 0 Å². The molecule has 2 nitrogen and oxygen atoms in total. The number of rotatable bonds is 3. The van der Waals surface area contributed by atoms with Crippen LogP contribution in [0.1, 0.15) is 56.9 Å². The van der Waals surface area contributed by atoms with E-state index in [0.29, 0.717) is 10.0 Å². The Morgan fingerprint density at radius 1 is 1.05 bits per heavy atom. The summed E-state index contributed by atoms with van der Waals surface area (Å²) in [6, 6.07) is 6.33. The van der Waals surface area contributed by atoms with E-state index in [4.69, 9.17) is 23.2 Å². The minimum atomic E-state index is -0.202. The number of aliphatic hydroxyl groups excluding tert-OH is 1. The topological polar surface area (TPSA) is 23.5 Å². The molecule has 2 atom stereocenters. The van der Waals surface area contributed by atoms with Gasteiger partial charge >= 0.3 is 0 Å². The number of hydrogen-bond donors (Lipinski definition) is 1. The van der Waals surface area contributed by atoms with E-state index in [0.717, 1.165) is 32.1 Å². The predicted octanol–water partition coefficient (Wildman–Crippen LogP) is 5.00. The third kappa shape index (κ3) is 2.91. The Morgan fingerprint density at radius 2 is 1.77 bits per heavy atom. The van der Waals surface area contributed by atoms with Crippen molar-refractivity contribution in [2.24, 2.45) is 0 Å². The van der Waals surface area contributed by atoms with Crippen LogP contribution in [0.25, 0.3) is 0 Å². The first-order valence-electron chi connectivity index (χ1n) is 8.41. The van der Waals surface area contributed by atoms with Crippen molar-refractivity contribution in [2.45, 2.75) is 69.1 Å². The summed E-state index contributed by atoms with van der Waals surface area (Å²) < 4.78 is 0. The molecule has 2 aliphatic rings. The van der Waals surface area contributed by atoms with Crippen LogP contribution in [0.3, 0.4) is 0 Å². The van der Waals surface area contributed by atoms with Crippen LogP contribution >= 0.6 is 23.2 Å². The molecule has 0 amide bonds. The van der Waals surface area contributed by atoms with Crippen LogP contribution in [0.5, 0.6) is 0 Å². The number of halogens is 2. The highest BCUT2D eigenvalue weighted by Crippen LogP contribution is 2.45. The van der Waals surface area contributed by atoms with Gasteiger partial charge in [-0.25, -0.2) is 0 Å². The van der Waals surface area contributed by atoms with E-state index in [1.165, 1.54) is 24.8 Å². The highest BCUT2D eigenvalue weighted by molar-refractivity contribution is 6.42. The molecule has 4 heteroatoms. The minimum Gasteiger partial charge on any atom is -0.391 e. The van der Waals surface area contributed by atoms with Gasteiger partial charge in [-0.1, -0.05) is 48.5 Å². The van der Waals surface area contributed by atoms with Crippen molar-refractivity contribution in [2.75, 3.05) is 7.05 Å². The normalized spacial score (nSPS) is 28.2. The van der Waals surface area contributed by atoms with Gasteiger partial charge in [-0.05, 0) is 56.8 Å². The summed E-state index contributed by atoms with van der Waals surface area (Å²) in [7, 11) is 2.19. The van der Waals surface area contributed by atoms with Crippen LogP contribution in [0.15, 0.2) is 18.2 Å². The van der Waals surface area contributed by atoms with E-state index in [9.17, 15) is 5.11 Å². The van der Waals surface area contributed by atoms with Crippen molar-refractivity contribution in [1.82, 2.24) is 4.90 Å². The van der Waals surface area contributed by atoms with Gasteiger partial charge in [-0.15, -0.1) is 0 Å². The van der Waals surface area contributed by atoms with E-state index in [2.05, 4.69) is 18.0 Å². The van der Waals surface area contributed by atoms with Gasteiger partial charge in [-0.3, -0.25) is 4.90 Å². The first kappa shape index (κ1) is 16.6. The van der Waals surface area contributed by atoms with E-state index >= 15 is 0 Å². The fraction of sp³-hybridized carbons (Fsp3) is 0.667. The average Bonchev–Trinajstić information content (AvgIpc) is 2.96. The second-order valence-corrected chi connectivity index (χ2v) is 7.71. The molecule has 2 saturated carbocycles. The Kier molecular flexibility index (Phi) is 5.04. The van der Waals surface area contributed by atoms with Crippen LogP contribution in [0.4, 0.5) is 0 Å². The molecule has 0 radical (unpaired) electrons. The van der Waals surface area contributed by atoms with Gasteiger partial charge < -0.3 is 5.11 Å². The molecule has 0 aromatic heterocycles. The molecule has 0 heterocycles. The van der Waals surface area contributed by atoms with Crippen molar-refractivity contribution in [3.63, 3.8) is 0 Å². The summed E-state index contributed by atoms with van der Waals surface area (Å²) in [6.07, 6.45) is 8.94. The number of benzene rings is 1. The van der Waals surface area contributed by atoms with Crippen LogP contribution in [0.2, 0.25) is 10.0 Å². The summed E-state index contributed by atoms with van der Waals surface area (Å²) in [5.74, 6) is 0. The predicted molar refractivity (Wildman–Crippen MR) is 92.6 cm³/mol. The van der Waals surface area contributed by atoms with Gasteiger partial charge in [0.2, 0.25) is 0 Å². The molecule has 3 rings (SSSR count). The van der Waals surface area contributed by atoms with Crippen LogP contribution in [-0.2, 0) is 5.54 Å².